The third-order valence-corrected chi connectivity index (χ3v) is 4.03. The Bertz CT molecular complexity index is 621. The van der Waals surface area contributed by atoms with Gasteiger partial charge in [0.15, 0.2) is 12.4 Å². The fraction of sp³-hybridized carbons (Fsp3) is 0.500. The van der Waals surface area contributed by atoms with E-state index in [1.54, 1.807) is 18.2 Å². The minimum absolute atomic E-state index is 0.110. The summed E-state index contributed by atoms with van der Waals surface area (Å²) < 4.78 is 5.55. The number of ether oxygens (including phenoxy) is 1. The molecule has 0 aromatic heterocycles. The lowest BCUT2D eigenvalue weighted by molar-refractivity contribution is -0.124. The maximum atomic E-state index is 12.0. The van der Waals surface area contributed by atoms with Gasteiger partial charge in [-0.2, -0.15) is 0 Å². The SMILES string of the molecule is CC(=O)Nc1ccc(C(C)=O)cc1OCC(=O)NC1CCCCC1. The van der Waals surface area contributed by atoms with Gasteiger partial charge in [-0.3, -0.25) is 14.4 Å². The number of hydrogen-bond acceptors (Lipinski definition) is 4. The molecule has 130 valence electrons. The molecule has 2 rings (SSSR count). The fourth-order valence-corrected chi connectivity index (χ4v) is 2.81. The molecular formula is C18H24N2O4. The van der Waals surface area contributed by atoms with Gasteiger partial charge in [0.2, 0.25) is 5.91 Å². The van der Waals surface area contributed by atoms with Gasteiger partial charge in [0.25, 0.3) is 5.91 Å². The Balaban J connectivity index is 2.00. The van der Waals surface area contributed by atoms with E-state index < -0.39 is 0 Å². The minimum atomic E-state index is -0.248. The lowest BCUT2D eigenvalue weighted by Gasteiger charge is -2.22. The Morgan fingerprint density at radius 3 is 2.46 bits per heavy atom. The summed E-state index contributed by atoms with van der Waals surface area (Å²) >= 11 is 0. The molecule has 0 spiro atoms. The third-order valence-electron chi connectivity index (χ3n) is 4.03. The Kier molecular flexibility index (Phi) is 6.35. The molecule has 2 amide bonds. The molecular weight excluding hydrogens is 308 g/mol. The molecule has 6 nitrogen and oxygen atoms in total. The van der Waals surface area contributed by atoms with E-state index in [0.717, 1.165) is 25.7 Å². The first kappa shape index (κ1) is 18.0. The second-order valence-electron chi connectivity index (χ2n) is 6.14. The van der Waals surface area contributed by atoms with E-state index in [0.29, 0.717) is 17.0 Å². The summed E-state index contributed by atoms with van der Waals surface area (Å²) in [6.45, 7) is 2.69. The first-order chi connectivity index (χ1) is 11.5. The molecule has 2 N–H and O–H groups in total. The highest BCUT2D eigenvalue weighted by Crippen LogP contribution is 2.26. The predicted octanol–water partition coefficient (Wildman–Crippen LogP) is 2.68. The van der Waals surface area contributed by atoms with Crippen molar-refractivity contribution in [2.24, 2.45) is 0 Å². The normalized spacial score (nSPS) is 14.8. The zero-order valence-electron chi connectivity index (χ0n) is 14.2. The van der Waals surface area contributed by atoms with Crippen molar-refractivity contribution in [3.8, 4) is 5.75 Å². The molecule has 0 aliphatic heterocycles. The summed E-state index contributed by atoms with van der Waals surface area (Å²) in [6, 6.07) is 4.98. The molecule has 0 saturated heterocycles. The minimum Gasteiger partial charge on any atom is -0.482 e. The van der Waals surface area contributed by atoms with E-state index in [-0.39, 0.29) is 30.2 Å². The summed E-state index contributed by atoms with van der Waals surface area (Å²) in [5, 5.41) is 5.61. The molecule has 6 heteroatoms. The topological polar surface area (TPSA) is 84.5 Å². The van der Waals surface area contributed by atoms with Gasteiger partial charge in [-0.15, -0.1) is 0 Å². The summed E-state index contributed by atoms with van der Waals surface area (Å²) in [4.78, 5) is 34.8. The van der Waals surface area contributed by atoms with Crippen molar-refractivity contribution in [1.82, 2.24) is 5.32 Å². The lowest BCUT2D eigenvalue weighted by atomic mass is 9.95. The average Bonchev–Trinajstić information content (AvgIpc) is 2.54. The standard InChI is InChI=1S/C18H24N2O4/c1-12(21)14-8-9-16(19-13(2)22)17(10-14)24-11-18(23)20-15-6-4-3-5-7-15/h8-10,15H,3-7,11H2,1-2H3,(H,19,22)(H,20,23). The van der Waals surface area contributed by atoms with Gasteiger partial charge in [0, 0.05) is 18.5 Å². The van der Waals surface area contributed by atoms with E-state index in [1.165, 1.54) is 20.3 Å². The number of rotatable bonds is 6. The van der Waals surface area contributed by atoms with Gasteiger partial charge in [0.1, 0.15) is 5.75 Å². The van der Waals surface area contributed by atoms with Crippen molar-refractivity contribution < 1.29 is 19.1 Å². The van der Waals surface area contributed by atoms with E-state index in [4.69, 9.17) is 4.74 Å². The highest BCUT2D eigenvalue weighted by atomic mass is 16.5. The van der Waals surface area contributed by atoms with Crippen molar-refractivity contribution in [2.45, 2.75) is 52.0 Å². The number of nitrogens with one attached hydrogen (secondary N) is 2. The quantitative estimate of drug-likeness (QED) is 0.784. The van der Waals surface area contributed by atoms with E-state index in [1.807, 2.05) is 0 Å². The highest BCUT2D eigenvalue weighted by Gasteiger charge is 2.17. The van der Waals surface area contributed by atoms with Crippen LogP contribution in [0, 0.1) is 0 Å². The predicted molar refractivity (Wildman–Crippen MR) is 91.3 cm³/mol. The van der Waals surface area contributed by atoms with Crippen LogP contribution in [0.25, 0.3) is 0 Å². The van der Waals surface area contributed by atoms with Crippen molar-refractivity contribution in [3.63, 3.8) is 0 Å². The van der Waals surface area contributed by atoms with Crippen molar-refractivity contribution >= 4 is 23.3 Å². The molecule has 1 aromatic carbocycles. The first-order valence-corrected chi connectivity index (χ1v) is 8.30. The first-order valence-electron chi connectivity index (χ1n) is 8.30. The van der Waals surface area contributed by atoms with Crippen LogP contribution in [0.4, 0.5) is 5.69 Å². The zero-order chi connectivity index (χ0) is 17.5. The summed E-state index contributed by atoms with van der Waals surface area (Å²) in [5.74, 6) is -0.233. The highest BCUT2D eigenvalue weighted by molar-refractivity contribution is 5.96. The van der Waals surface area contributed by atoms with Crippen LogP contribution in [0.2, 0.25) is 0 Å². The van der Waals surface area contributed by atoms with Crippen molar-refractivity contribution in [3.05, 3.63) is 23.8 Å². The van der Waals surface area contributed by atoms with Crippen LogP contribution in [0.15, 0.2) is 18.2 Å². The number of benzene rings is 1. The van der Waals surface area contributed by atoms with Crippen LogP contribution in [0.3, 0.4) is 0 Å². The maximum Gasteiger partial charge on any atom is 0.258 e. The van der Waals surface area contributed by atoms with Gasteiger partial charge in [-0.05, 0) is 38.0 Å². The van der Waals surface area contributed by atoms with Gasteiger partial charge in [-0.1, -0.05) is 19.3 Å². The Hall–Kier alpha value is -2.37. The van der Waals surface area contributed by atoms with Crippen molar-refractivity contribution in [2.75, 3.05) is 11.9 Å². The number of ketones is 1. The van der Waals surface area contributed by atoms with Crippen LogP contribution in [0.5, 0.6) is 5.75 Å². The van der Waals surface area contributed by atoms with E-state index in [9.17, 15) is 14.4 Å². The molecule has 0 radical (unpaired) electrons. The van der Waals surface area contributed by atoms with E-state index in [2.05, 4.69) is 10.6 Å². The average molecular weight is 332 g/mol. The summed E-state index contributed by atoms with van der Waals surface area (Å²) in [6.07, 6.45) is 5.50. The fourth-order valence-electron chi connectivity index (χ4n) is 2.81. The molecule has 1 aliphatic rings. The maximum absolute atomic E-state index is 12.0. The number of Topliss-reactive ketones (excluding diaryl/α,β-unsaturated/α-hetero) is 1. The Morgan fingerprint density at radius 2 is 1.83 bits per heavy atom. The number of hydrogen-bond donors (Lipinski definition) is 2. The number of anilines is 1. The van der Waals surface area contributed by atoms with Gasteiger partial charge >= 0.3 is 0 Å². The molecule has 1 aliphatic carbocycles. The monoisotopic (exact) mass is 332 g/mol. The molecule has 0 atom stereocenters. The Labute approximate surface area is 142 Å². The lowest BCUT2D eigenvalue weighted by Crippen LogP contribution is -2.39. The molecule has 1 fully saturated rings. The molecule has 0 heterocycles. The largest absolute Gasteiger partial charge is 0.482 e. The Morgan fingerprint density at radius 1 is 1.12 bits per heavy atom. The van der Waals surface area contributed by atoms with Crippen LogP contribution in [0.1, 0.15) is 56.3 Å². The van der Waals surface area contributed by atoms with Crippen molar-refractivity contribution in [1.29, 1.82) is 0 Å². The third kappa shape index (κ3) is 5.37. The van der Waals surface area contributed by atoms with Gasteiger partial charge in [-0.25, -0.2) is 0 Å². The molecule has 1 saturated carbocycles. The smallest absolute Gasteiger partial charge is 0.258 e. The van der Waals surface area contributed by atoms with Gasteiger partial charge < -0.3 is 15.4 Å². The van der Waals surface area contributed by atoms with Crippen LogP contribution >= 0.6 is 0 Å². The molecule has 1 aromatic rings. The summed E-state index contributed by atoms with van der Waals surface area (Å²) in [5.41, 5.74) is 0.907. The molecule has 24 heavy (non-hydrogen) atoms. The number of carbonyl (C=O) groups excluding carboxylic acids is 3. The van der Waals surface area contributed by atoms with Gasteiger partial charge in [0.05, 0.1) is 5.69 Å². The zero-order valence-corrected chi connectivity index (χ0v) is 14.2. The van der Waals surface area contributed by atoms with Crippen LogP contribution in [-0.4, -0.2) is 30.2 Å². The van der Waals surface area contributed by atoms with E-state index >= 15 is 0 Å². The second-order valence-corrected chi connectivity index (χ2v) is 6.14. The van der Waals surface area contributed by atoms with Crippen LogP contribution in [-0.2, 0) is 9.59 Å². The number of amides is 2. The van der Waals surface area contributed by atoms with Crippen LogP contribution < -0.4 is 15.4 Å². The summed E-state index contributed by atoms with van der Waals surface area (Å²) in [7, 11) is 0. The molecule has 0 bridgehead atoms. The molecule has 0 unspecified atom stereocenters. The second kappa shape index (κ2) is 8.47. The number of carbonyl (C=O) groups is 3.